The average molecular weight is 1490 g/mol. The Bertz CT molecular complexity index is 7780. The molecule has 2 aromatic heterocycles. The van der Waals surface area contributed by atoms with Crippen LogP contribution in [0.5, 0.6) is 0 Å². The third kappa shape index (κ3) is 8.98. The van der Waals surface area contributed by atoms with Gasteiger partial charge in [-0.25, -0.2) is 0 Å². The second-order valence-corrected chi connectivity index (χ2v) is 32.9. The molecule has 23 aromatic rings. The zero-order chi connectivity index (χ0) is 76.7. The van der Waals surface area contributed by atoms with Crippen LogP contribution < -0.4 is 52.9 Å². The van der Waals surface area contributed by atoms with E-state index in [-0.39, 0.29) is 20.4 Å². The molecule has 0 unspecified atom stereocenters. The van der Waals surface area contributed by atoms with E-state index in [2.05, 4.69) is 424 Å². The Morgan fingerprint density at radius 2 is 0.585 bits per heavy atom. The van der Waals surface area contributed by atoms with Crippen molar-refractivity contribution < 1.29 is 0 Å². The highest BCUT2D eigenvalue weighted by molar-refractivity contribution is 7.09. The number of rotatable bonds is 8. The number of anilines is 9. The molecule has 0 aliphatic carbocycles. The SMILES string of the molecule is c1ccc2cc(B3c4cc(N(c5ccc6ccccc6c5)c5ccc6ccccc6c5)cc5c4B(c4c3ccc3ccccc43)n3c4ccccc4c4c6c7c(c-5c43)c3ccccc3n7B3c4c-6cc(N(c5ccc6ccccc6c5)c5ccc6ccccc6c5)cc4N(c4ccc5ccccc5c4)c4ccc5ccccc5c43)ccc2c1. The van der Waals surface area contributed by atoms with Crippen molar-refractivity contribution in [2.24, 2.45) is 0 Å². The van der Waals surface area contributed by atoms with Crippen LogP contribution in [0.15, 0.2) is 400 Å². The fraction of sp³-hybridized carbons (Fsp3) is 0. The predicted octanol–water partition coefficient (Wildman–Crippen LogP) is 23.9. The molecule has 0 saturated heterocycles. The smallest absolute Gasteiger partial charge is 0.333 e. The molecule has 0 amide bonds. The van der Waals surface area contributed by atoms with Gasteiger partial charge in [0.05, 0.1) is 0 Å². The topological polar surface area (TPSA) is 19.6 Å². The summed E-state index contributed by atoms with van der Waals surface area (Å²) in [6.45, 7) is -0.787. The maximum Gasteiger partial charge on any atom is 0.333 e. The molecule has 0 N–H and O–H groups in total. The Morgan fingerprint density at radius 3 is 1.08 bits per heavy atom. The minimum atomic E-state index is -0.317. The summed E-state index contributed by atoms with van der Waals surface area (Å²) < 4.78 is 5.71. The molecule has 0 bridgehead atoms. The zero-order valence-electron chi connectivity index (χ0n) is 64.1. The summed E-state index contributed by atoms with van der Waals surface area (Å²) in [6, 6.07) is 153. The molecule has 5 nitrogen and oxygen atoms in total. The van der Waals surface area contributed by atoms with E-state index in [4.69, 9.17) is 0 Å². The first-order valence-electron chi connectivity index (χ1n) is 41.3. The van der Waals surface area contributed by atoms with Crippen LogP contribution in [0.2, 0.25) is 0 Å². The van der Waals surface area contributed by atoms with Gasteiger partial charge in [-0.1, -0.05) is 314 Å². The van der Waals surface area contributed by atoms with E-state index in [1.54, 1.807) is 0 Å². The van der Waals surface area contributed by atoms with Gasteiger partial charge in [0, 0.05) is 106 Å². The molecule has 118 heavy (non-hydrogen) atoms. The number of benzene rings is 21. The summed E-state index contributed by atoms with van der Waals surface area (Å²) in [4.78, 5) is 7.79. The molecule has 0 saturated carbocycles. The third-order valence-electron chi connectivity index (χ3n) is 26.9. The molecular formula is C110H66B3N5. The van der Waals surface area contributed by atoms with Gasteiger partial charge in [0.15, 0.2) is 0 Å². The zero-order valence-corrected chi connectivity index (χ0v) is 64.1. The number of aromatic nitrogens is 2. The lowest BCUT2D eigenvalue weighted by atomic mass is 9.24. The van der Waals surface area contributed by atoms with E-state index in [1.165, 1.54) is 190 Å². The summed E-state index contributed by atoms with van der Waals surface area (Å²) >= 11 is 0. The van der Waals surface area contributed by atoms with E-state index in [9.17, 15) is 0 Å². The van der Waals surface area contributed by atoms with Crippen molar-refractivity contribution >= 4 is 240 Å². The lowest BCUT2D eigenvalue weighted by Gasteiger charge is -2.42. The van der Waals surface area contributed by atoms with Gasteiger partial charge >= 0.3 is 13.7 Å². The first kappa shape index (κ1) is 64.3. The van der Waals surface area contributed by atoms with Gasteiger partial charge < -0.3 is 23.7 Å². The van der Waals surface area contributed by atoms with Crippen molar-refractivity contribution in [1.29, 1.82) is 0 Å². The molecule has 4 aliphatic heterocycles. The van der Waals surface area contributed by atoms with Gasteiger partial charge in [-0.2, -0.15) is 0 Å². The second-order valence-electron chi connectivity index (χ2n) is 32.9. The van der Waals surface area contributed by atoms with Crippen LogP contribution in [0.25, 0.3) is 152 Å². The van der Waals surface area contributed by atoms with E-state index in [0.29, 0.717) is 0 Å². The van der Waals surface area contributed by atoms with Crippen molar-refractivity contribution in [2.75, 3.05) is 14.7 Å². The highest BCUT2D eigenvalue weighted by Gasteiger charge is 2.51. The quantitative estimate of drug-likeness (QED) is 0.141. The molecular weight excluding hydrogens is 1420 g/mol. The van der Waals surface area contributed by atoms with Crippen molar-refractivity contribution in [2.45, 2.75) is 0 Å². The highest BCUT2D eigenvalue weighted by Crippen LogP contribution is 2.57. The first-order chi connectivity index (χ1) is 58.5. The molecule has 27 rings (SSSR count). The van der Waals surface area contributed by atoms with Gasteiger partial charge in [-0.3, -0.25) is 0 Å². The number of fused-ring (bicyclic) bond motifs is 26. The molecule has 0 atom stereocenters. The van der Waals surface area contributed by atoms with Gasteiger partial charge in [0.1, 0.15) is 0 Å². The molecule has 0 spiro atoms. The van der Waals surface area contributed by atoms with Crippen molar-refractivity contribution in [1.82, 2.24) is 8.96 Å². The van der Waals surface area contributed by atoms with Crippen molar-refractivity contribution in [3.63, 3.8) is 0 Å². The molecule has 4 aliphatic rings. The molecule has 6 heterocycles. The van der Waals surface area contributed by atoms with Gasteiger partial charge in [0.25, 0.3) is 0 Å². The summed E-state index contributed by atoms with van der Waals surface area (Å²) in [5, 5.41) is 24.3. The standard InChI is InChI=1S/C110H66B3N5/c1-7-29-75-57-81(49-41-67(75)21-1)111-95-55-47-73-27-13-15-35-89(73)105(95)112-106-93(63-87(65-96(106)111)114(82-50-42-68-22-2-8-30-76(68)58-82)83-51-43-69-23-3-9-31-77(69)59-83)103-101-92-38-18-20-40-98(92)118-110(101)104(102-91-37-17-19-39-97(91)117(112)109(102)103)94-64-88(115(84-52-44-70-24-4-10-32-78(70)60-84)85-53-45-71-25-5-11-33-79(71)61-85)66-100-108(94)113(118)107-90-36-16-14-28-74(90)48-56-99(107)116(100)86-54-46-72-26-6-12-34-80(72)62-86/h1-66H. The minimum absolute atomic E-state index is 0.187. The van der Waals surface area contributed by atoms with Crippen LogP contribution in [0.1, 0.15) is 0 Å². The Morgan fingerprint density at radius 1 is 0.220 bits per heavy atom. The lowest BCUT2D eigenvalue weighted by Crippen LogP contribution is -2.75. The predicted molar refractivity (Wildman–Crippen MR) is 506 cm³/mol. The van der Waals surface area contributed by atoms with Crippen molar-refractivity contribution in [3.8, 4) is 22.3 Å². The number of para-hydroxylation sites is 2. The van der Waals surface area contributed by atoms with Crippen LogP contribution >= 0.6 is 0 Å². The van der Waals surface area contributed by atoms with Gasteiger partial charge in [0.2, 0.25) is 6.71 Å². The fourth-order valence-corrected chi connectivity index (χ4v) is 22.0. The van der Waals surface area contributed by atoms with Gasteiger partial charge in [-0.15, -0.1) is 0 Å². The molecule has 0 radical (unpaired) electrons. The maximum absolute atomic E-state index is 2.86. The van der Waals surface area contributed by atoms with E-state index in [0.717, 1.165) is 51.2 Å². The monoisotopic (exact) mass is 1490 g/mol. The number of hydrogen-bond acceptors (Lipinski definition) is 3. The van der Waals surface area contributed by atoms with Gasteiger partial charge in [-0.05, 0) is 222 Å². The molecule has 21 aromatic carbocycles. The number of hydrogen-bond donors (Lipinski definition) is 0. The fourth-order valence-electron chi connectivity index (χ4n) is 22.0. The normalized spacial score (nSPS) is 13.0. The van der Waals surface area contributed by atoms with Crippen molar-refractivity contribution in [3.05, 3.63) is 400 Å². The lowest BCUT2D eigenvalue weighted by molar-refractivity contribution is 1.24. The largest absolute Gasteiger partial charge is 0.375 e. The van der Waals surface area contributed by atoms with Crippen LogP contribution in [-0.4, -0.2) is 29.4 Å². The highest BCUT2D eigenvalue weighted by atomic mass is 15.2. The minimum Gasteiger partial charge on any atom is -0.375 e. The maximum atomic E-state index is 2.86. The van der Waals surface area contributed by atoms with Crippen LogP contribution in [-0.2, 0) is 0 Å². The second kappa shape index (κ2) is 24.2. The molecule has 8 heteroatoms. The average Bonchev–Trinajstić information content (AvgIpc) is 1.45. The third-order valence-corrected chi connectivity index (χ3v) is 26.9. The molecule has 540 valence electrons. The Kier molecular flexibility index (Phi) is 13.2. The Labute approximate surface area is 681 Å². The summed E-state index contributed by atoms with van der Waals surface area (Å²) in [5.74, 6) is 0. The Balaban J connectivity index is 0.852. The number of nitrogens with zero attached hydrogens (tertiary/aromatic N) is 5. The summed E-state index contributed by atoms with van der Waals surface area (Å²) in [6.07, 6.45) is 0. The van der Waals surface area contributed by atoms with E-state index >= 15 is 0 Å². The first-order valence-corrected chi connectivity index (χ1v) is 41.3. The van der Waals surface area contributed by atoms with E-state index in [1.807, 2.05) is 0 Å². The summed E-state index contributed by atoms with van der Waals surface area (Å²) in [7, 11) is 0. The Hall–Kier alpha value is -15.1. The van der Waals surface area contributed by atoms with Crippen LogP contribution in [0, 0.1) is 0 Å². The summed E-state index contributed by atoms with van der Waals surface area (Å²) in [5.41, 5.74) is 28.9. The van der Waals surface area contributed by atoms with Crippen LogP contribution in [0.4, 0.5) is 51.2 Å². The van der Waals surface area contributed by atoms with E-state index < -0.39 is 0 Å². The van der Waals surface area contributed by atoms with Crippen LogP contribution in [0.3, 0.4) is 0 Å². The molecule has 0 fully saturated rings.